The van der Waals surface area contributed by atoms with Gasteiger partial charge in [-0.3, -0.25) is 9.59 Å². The maximum absolute atomic E-state index is 12.9. The van der Waals surface area contributed by atoms with Crippen LogP contribution in [0.15, 0.2) is 18.6 Å². The molecule has 0 unspecified atom stereocenters. The average molecular weight is 356 g/mol. The molecule has 2 aromatic heterocycles. The van der Waals surface area contributed by atoms with Crippen LogP contribution in [0, 0.1) is 13.8 Å². The first-order chi connectivity index (χ1) is 12.5. The van der Waals surface area contributed by atoms with Crippen LogP contribution in [0.3, 0.4) is 0 Å². The fourth-order valence-electron chi connectivity index (χ4n) is 3.31. The molecular formula is C18H24N6O2. The Labute approximate surface area is 152 Å². The molecule has 1 aliphatic heterocycles. The first-order valence-corrected chi connectivity index (χ1v) is 8.79. The lowest BCUT2D eigenvalue weighted by molar-refractivity contribution is -0.133. The summed E-state index contributed by atoms with van der Waals surface area (Å²) >= 11 is 0. The zero-order valence-corrected chi connectivity index (χ0v) is 15.4. The Hall–Kier alpha value is -2.77. The molecule has 0 radical (unpaired) electrons. The van der Waals surface area contributed by atoms with Crippen LogP contribution in [-0.4, -0.2) is 42.8 Å². The first-order valence-electron chi connectivity index (χ1n) is 8.79. The maximum atomic E-state index is 12.9. The Balaban J connectivity index is 1.83. The lowest BCUT2D eigenvalue weighted by Crippen LogP contribution is -2.35. The smallest absolute Gasteiger partial charge is 0.243 e. The Morgan fingerprint density at radius 1 is 1.31 bits per heavy atom. The number of aromatic nitrogens is 4. The van der Waals surface area contributed by atoms with Crippen LogP contribution in [0.2, 0.25) is 0 Å². The first kappa shape index (κ1) is 18.0. The van der Waals surface area contributed by atoms with E-state index >= 15 is 0 Å². The summed E-state index contributed by atoms with van der Waals surface area (Å²) in [6.45, 7) is 6.54. The van der Waals surface area contributed by atoms with Gasteiger partial charge in [0.05, 0.1) is 11.7 Å². The normalized spacial score (nSPS) is 16.7. The summed E-state index contributed by atoms with van der Waals surface area (Å²) in [7, 11) is 0. The molecule has 0 aromatic carbocycles. The third kappa shape index (κ3) is 3.89. The van der Waals surface area contributed by atoms with Gasteiger partial charge in [-0.15, -0.1) is 0 Å². The second-order valence-electron chi connectivity index (χ2n) is 6.58. The van der Waals surface area contributed by atoms with Gasteiger partial charge in [0.15, 0.2) is 0 Å². The average Bonchev–Trinajstić information content (AvgIpc) is 3.23. The molecule has 1 N–H and O–H groups in total. The van der Waals surface area contributed by atoms with E-state index in [1.54, 1.807) is 12.4 Å². The number of imidazole rings is 1. The fourth-order valence-corrected chi connectivity index (χ4v) is 3.31. The Morgan fingerprint density at radius 3 is 2.81 bits per heavy atom. The zero-order chi connectivity index (χ0) is 18.7. The fraction of sp³-hybridized carbons (Fsp3) is 0.500. The van der Waals surface area contributed by atoms with E-state index in [1.807, 2.05) is 29.5 Å². The number of carbonyl (C=O) groups excluding carboxylic acids is 2. The summed E-state index contributed by atoms with van der Waals surface area (Å²) in [5.74, 6) is 1.43. The van der Waals surface area contributed by atoms with Crippen LogP contribution in [-0.2, 0) is 22.7 Å². The molecule has 3 rings (SSSR count). The quantitative estimate of drug-likeness (QED) is 0.871. The van der Waals surface area contributed by atoms with E-state index in [0.717, 1.165) is 29.9 Å². The van der Waals surface area contributed by atoms with Crippen molar-refractivity contribution in [3.8, 4) is 0 Å². The SMILES string of the molecule is CC(=O)NCc1cnc(C)nc1[C@@H]1CCCN1C(=O)Cn1ccnc1C. The van der Waals surface area contributed by atoms with E-state index in [1.165, 1.54) is 6.92 Å². The number of likely N-dealkylation sites (tertiary alicyclic amines) is 1. The predicted octanol–water partition coefficient (Wildman–Crippen LogP) is 1.29. The highest BCUT2D eigenvalue weighted by molar-refractivity contribution is 5.77. The van der Waals surface area contributed by atoms with Crippen LogP contribution >= 0.6 is 0 Å². The summed E-state index contributed by atoms with van der Waals surface area (Å²) in [6.07, 6.45) is 7.05. The summed E-state index contributed by atoms with van der Waals surface area (Å²) in [5.41, 5.74) is 1.69. The Kier molecular flexibility index (Phi) is 5.29. The van der Waals surface area contributed by atoms with Gasteiger partial charge in [-0.2, -0.15) is 0 Å². The minimum absolute atomic E-state index is 0.0512. The molecule has 1 fully saturated rings. The molecule has 8 heteroatoms. The minimum Gasteiger partial charge on any atom is -0.352 e. The number of hydrogen-bond donors (Lipinski definition) is 1. The van der Waals surface area contributed by atoms with E-state index in [0.29, 0.717) is 18.9 Å². The van der Waals surface area contributed by atoms with E-state index in [2.05, 4.69) is 20.3 Å². The molecule has 26 heavy (non-hydrogen) atoms. The minimum atomic E-state index is -0.105. The molecule has 1 atom stereocenters. The van der Waals surface area contributed by atoms with Gasteiger partial charge in [0.1, 0.15) is 18.2 Å². The second-order valence-corrected chi connectivity index (χ2v) is 6.58. The lowest BCUT2D eigenvalue weighted by atomic mass is 10.1. The van der Waals surface area contributed by atoms with Crippen LogP contribution in [0.25, 0.3) is 0 Å². The Bertz CT molecular complexity index is 816. The van der Waals surface area contributed by atoms with Gasteiger partial charge in [-0.1, -0.05) is 0 Å². The van der Waals surface area contributed by atoms with Crippen LogP contribution < -0.4 is 5.32 Å². The molecule has 3 heterocycles. The number of rotatable bonds is 5. The van der Waals surface area contributed by atoms with E-state index in [-0.39, 0.29) is 24.4 Å². The summed E-state index contributed by atoms with van der Waals surface area (Å²) in [5, 5.41) is 2.80. The van der Waals surface area contributed by atoms with Crippen molar-refractivity contribution in [2.24, 2.45) is 0 Å². The molecule has 2 amide bonds. The van der Waals surface area contributed by atoms with Crippen molar-refractivity contribution in [2.75, 3.05) is 6.54 Å². The molecule has 2 aromatic rings. The molecule has 0 bridgehead atoms. The topological polar surface area (TPSA) is 93.0 Å². The molecule has 0 spiro atoms. The molecule has 0 saturated carbocycles. The second kappa shape index (κ2) is 7.63. The van der Waals surface area contributed by atoms with Gasteiger partial charge in [0.25, 0.3) is 0 Å². The number of nitrogens with zero attached hydrogens (tertiary/aromatic N) is 5. The van der Waals surface area contributed by atoms with Gasteiger partial charge < -0.3 is 14.8 Å². The van der Waals surface area contributed by atoms with Gasteiger partial charge >= 0.3 is 0 Å². The van der Waals surface area contributed by atoms with Gasteiger partial charge in [0.2, 0.25) is 11.8 Å². The van der Waals surface area contributed by atoms with Crippen molar-refractivity contribution in [2.45, 2.75) is 52.7 Å². The third-order valence-electron chi connectivity index (χ3n) is 4.66. The van der Waals surface area contributed by atoms with Crippen molar-refractivity contribution in [1.29, 1.82) is 0 Å². The van der Waals surface area contributed by atoms with Gasteiger partial charge in [-0.25, -0.2) is 15.0 Å². The molecule has 0 aliphatic carbocycles. The number of nitrogens with one attached hydrogen (secondary N) is 1. The Morgan fingerprint density at radius 2 is 2.12 bits per heavy atom. The van der Waals surface area contributed by atoms with Crippen molar-refractivity contribution in [3.05, 3.63) is 41.5 Å². The van der Waals surface area contributed by atoms with Crippen LogP contribution in [0.5, 0.6) is 0 Å². The molecule has 1 saturated heterocycles. The highest BCUT2D eigenvalue weighted by atomic mass is 16.2. The summed E-state index contributed by atoms with van der Waals surface area (Å²) in [6, 6.07) is -0.0863. The zero-order valence-electron chi connectivity index (χ0n) is 15.4. The third-order valence-corrected chi connectivity index (χ3v) is 4.66. The highest BCUT2D eigenvalue weighted by Crippen LogP contribution is 2.33. The van der Waals surface area contributed by atoms with Crippen LogP contribution in [0.4, 0.5) is 0 Å². The highest BCUT2D eigenvalue weighted by Gasteiger charge is 2.32. The number of carbonyl (C=O) groups is 2. The maximum Gasteiger partial charge on any atom is 0.243 e. The summed E-state index contributed by atoms with van der Waals surface area (Å²) in [4.78, 5) is 39.1. The predicted molar refractivity (Wildman–Crippen MR) is 94.9 cm³/mol. The summed E-state index contributed by atoms with van der Waals surface area (Å²) < 4.78 is 1.85. The lowest BCUT2D eigenvalue weighted by Gasteiger charge is -2.26. The number of hydrogen-bond acceptors (Lipinski definition) is 5. The standard InChI is InChI=1S/C18H24N6O2/c1-12-20-9-15(10-21-14(3)25)18(22-12)16-5-4-7-24(16)17(26)11-23-8-6-19-13(23)2/h6,8-9,16H,4-5,7,10-11H2,1-3H3,(H,21,25)/t16-/m0/s1. The van der Waals surface area contributed by atoms with Crippen molar-refractivity contribution >= 4 is 11.8 Å². The number of aryl methyl sites for hydroxylation is 2. The number of amides is 2. The van der Waals surface area contributed by atoms with E-state index in [4.69, 9.17) is 0 Å². The van der Waals surface area contributed by atoms with E-state index in [9.17, 15) is 9.59 Å². The molecular weight excluding hydrogens is 332 g/mol. The van der Waals surface area contributed by atoms with Crippen LogP contribution in [0.1, 0.15) is 48.7 Å². The largest absolute Gasteiger partial charge is 0.352 e. The molecule has 1 aliphatic rings. The van der Waals surface area contributed by atoms with Crippen molar-refractivity contribution in [3.63, 3.8) is 0 Å². The van der Waals surface area contributed by atoms with E-state index < -0.39 is 0 Å². The van der Waals surface area contributed by atoms with Gasteiger partial charge in [0, 0.05) is 44.2 Å². The van der Waals surface area contributed by atoms with Gasteiger partial charge in [-0.05, 0) is 26.7 Å². The monoisotopic (exact) mass is 356 g/mol. The van der Waals surface area contributed by atoms with Crippen molar-refractivity contribution < 1.29 is 9.59 Å². The van der Waals surface area contributed by atoms with Crippen molar-refractivity contribution in [1.82, 2.24) is 29.7 Å². The molecule has 8 nitrogen and oxygen atoms in total. The molecule has 138 valence electrons.